The molecule has 0 fully saturated rings. The average Bonchev–Trinajstić information content (AvgIpc) is 2.87. The summed E-state index contributed by atoms with van der Waals surface area (Å²) in [5.41, 5.74) is 7.03. The molecule has 0 unspecified atom stereocenters. The molecule has 1 aliphatic carbocycles. The minimum Gasteiger partial charge on any atom is -0.493 e. The van der Waals surface area contributed by atoms with Crippen molar-refractivity contribution >= 4 is 23.2 Å². The third kappa shape index (κ3) is 4.01. The lowest BCUT2D eigenvalue weighted by Gasteiger charge is -2.23. The Hall–Kier alpha value is -3.77. The van der Waals surface area contributed by atoms with Gasteiger partial charge in [-0.2, -0.15) is 0 Å². The molecular formula is C27H24ClN3O3. The zero-order valence-electron chi connectivity index (χ0n) is 19.2. The van der Waals surface area contributed by atoms with Crippen LogP contribution in [0.4, 0.5) is 11.6 Å². The van der Waals surface area contributed by atoms with E-state index in [1.54, 1.807) is 21.3 Å². The molecule has 7 heteroatoms. The van der Waals surface area contributed by atoms with Crippen molar-refractivity contribution in [3.05, 3.63) is 76.9 Å². The van der Waals surface area contributed by atoms with E-state index in [1.807, 2.05) is 42.5 Å². The Balaban J connectivity index is 1.65. The van der Waals surface area contributed by atoms with Gasteiger partial charge < -0.3 is 19.5 Å². The van der Waals surface area contributed by atoms with Crippen molar-refractivity contribution in [3.63, 3.8) is 0 Å². The molecule has 1 aliphatic rings. The number of nitrogens with zero attached hydrogens (tertiary/aromatic N) is 2. The van der Waals surface area contributed by atoms with Gasteiger partial charge in [-0.15, -0.1) is 0 Å². The van der Waals surface area contributed by atoms with Gasteiger partial charge in [0.05, 0.1) is 32.7 Å². The molecule has 3 aromatic carbocycles. The second kappa shape index (κ2) is 9.23. The first-order valence-electron chi connectivity index (χ1n) is 10.9. The topological polar surface area (TPSA) is 65.5 Å². The molecule has 0 radical (unpaired) electrons. The van der Waals surface area contributed by atoms with Crippen LogP contribution in [-0.2, 0) is 12.8 Å². The van der Waals surface area contributed by atoms with Crippen molar-refractivity contribution in [1.29, 1.82) is 0 Å². The van der Waals surface area contributed by atoms with Crippen LogP contribution in [0.1, 0.15) is 11.3 Å². The lowest BCUT2D eigenvalue weighted by Crippen LogP contribution is -2.11. The Morgan fingerprint density at radius 3 is 2.24 bits per heavy atom. The number of ether oxygens (including phenoxy) is 3. The largest absolute Gasteiger partial charge is 0.493 e. The van der Waals surface area contributed by atoms with Crippen molar-refractivity contribution in [2.24, 2.45) is 0 Å². The van der Waals surface area contributed by atoms with Crippen molar-refractivity contribution in [2.75, 3.05) is 26.6 Å². The van der Waals surface area contributed by atoms with Crippen molar-refractivity contribution < 1.29 is 14.2 Å². The van der Waals surface area contributed by atoms with Crippen LogP contribution in [0.25, 0.3) is 22.4 Å². The summed E-state index contributed by atoms with van der Waals surface area (Å²) < 4.78 is 16.4. The van der Waals surface area contributed by atoms with Crippen molar-refractivity contribution in [1.82, 2.24) is 9.97 Å². The van der Waals surface area contributed by atoms with Gasteiger partial charge in [-0.1, -0.05) is 48.0 Å². The number of anilines is 2. The van der Waals surface area contributed by atoms with Crippen LogP contribution in [-0.4, -0.2) is 31.3 Å². The predicted octanol–water partition coefficient (Wildman–Crippen LogP) is 6.33. The number of hydrogen-bond donors (Lipinski definition) is 1. The van der Waals surface area contributed by atoms with E-state index in [0.29, 0.717) is 23.2 Å². The SMILES string of the molecule is COc1cc(Nc2nc3c(c(-c4ccccc4)n2)-c2ccc(Cl)cc2CC3)cc(OC)c1OC. The van der Waals surface area contributed by atoms with Gasteiger partial charge in [0.1, 0.15) is 0 Å². The van der Waals surface area contributed by atoms with E-state index < -0.39 is 0 Å². The van der Waals surface area contributed by atoms with Gasteiger partial charge in [-0.3, -0.25) is 0 Å². The number of halogens is 1. The smallest absolute Gasteiger partial charge is 0.228 e. The Morgan fingerprint density at radius 2 is 1.56 bits per heavy atom. The van der Waals surface area contributed by atoms with Crippen LogP contribution in [0.15, 0.2) is 60.7 Å². The summed E-state index contributed by atoms with van der Waals surface area (Å²) in [5, 5.41) is 4.08. The fourth-order valence-electron chi connectivity index (χ4n) is 4.38. The summed E-state index contributed by atoms with van der Waals surface area (Å²) in [6, 6.07) is 19.9. The second-order valence-electron chi connectivity index (χ2n) is 7.92. The van der Waals surface area contributed by atoms with Gasteiger partial charge >= 0.3 is 0 Å². The van der Waals surface area contributed by atoms with Gasteiger partial charge in [0, 0.05) is 34.0 Å². The molecule has 172 valence electrons. The number of nitrogens with one attached hydrogen (secondary N) is 1. The number of methoxy groups -OCH3 is 3. The van der Waals surface area contributed by atoms with Crippen LogP contribution in [0, 0.1) is 0 Å². The molecule has 0 atom stereocenters. The van der Waals surface area contributed by atoms with E-state index in [2.05, 4.69) is 23.5 Å². The number of rotatable bonds is 6. The molecule has 1 heterocycles. The van der Waals surface area contributed by atoms with E-state index >= 15 is 0 Å². The summed E-state index contributed by atoms with van der Waals surface area (Å²) in [4.78, 5) is 9.86. The predicted molar refractivity (Wildman–Crippen MR) is 135 cm³/mol. The molecule has 34 heavy (non-hydrogen) atoms. The van der Waals surface area contributed by atoms with Gasteiger partial charge in [-0.25, -0.2) is 9.97 Å². The van der Waals surface area contributed by atoms with Gasteiger partial charge in [-0.05, 0) is 36.1 Å². The molecule has 0 aliphatic heterocycles. The molecular weight excluding hydrogens is 450 g/mol. The fraction of sp³-hybridized carbons (Fsp3) is 0.185. The summed E-state index contributed by atoms with van der Waals surface area (Å²) in [6.45, 7) is 0. The highest BCUT2D eigenvalue weighted by Gasteiger charge is 2.24. The van der Waals surface area contributed by atoms with Gasteiger partial charge in [0.2, 0.25) is 11.7 Å². The average molecular weight is 474 g/mol. The summed E-state index contributed by atoms with van der Waals surface area (Å²) in [6.07, 6.45) is 1.67. The third-order valence-corrected chi connectivity index (χ3v) is 6.15. The number of aryl methyl sites for hydroxylation is 2. The molecule has 0 bridgehead atoms. The normalized spacial score (nSPS) is 11.9. The molecule has 0 saturated carbocycles. The number of benzene rings is 3. The molecule has 0 amide bonds. The molecule has 0 spiro atoms. The Morgan fingerprint density at radius 1 is 0.824 bits per heavy atom. The summed E-state index contributed by atoms with van der Waals surface area (Å²) in [5.74, 6) is 2.14. The minimum absolute atomic E-state index is 0.504. The monoisotopic (exact) mass is 473 g/mol. The van der Waals surface area contributed by atoms with Crippen LogP contribution in [0.2, 0.25) is 5.02 Å². The maximum absolute atomic E-state index is 6.28. The molecule has 0 saturated heterocycles. The Kier molecular flexibility index (Phi) is 5.99. The second-order valence-corrected chi connectivity index (χ2v) is 8.36. The highest BCUT2D eigenvalue weighted by atomic mass is 35.5. The molecule has 5 rings (SSSR count). The van der Waals surface area contributed by atoms with E-state index in [9.17, 15) is 0 Å². The van der Waals surface area contributed by atoms with E-state index in [4.69, 9.17) is 35.8 Å². The number of hydrogen-bond acceptors (Lipinski definition) is 6. The van der Waals surface area contributed by atoms with Gasteiger partial charge in [0.15, 0.2) is 11.5 Å². The van der Waals surface area contributed by atoms with E-state index in [0.717, 1.165) is 51.6 Å². The van der Waals surface area contributed by atoms with Crippen molar-refractivity contribution in [2.45, 2.75) is 12.8 Å². The minimum atomic E-state index is 0.504. The maximum Gasteiger partial charge on any atom is 0.228 e. The standard InChI is InChI=1S/C27H24ClN3O3/c1-32-22-14-19(15-23(33-2)26(22)34-3)29-27-30-21-12-9-17-13-18(28)10-11-20(17)24(21)25(31-27)16-7-5-4-6-8-16/h4-8,10-11,13-15H,9,12H2,1-3H3,(H,29,30,31). The summed E-state index contributed by atoms with van der Waals surface area (Å²) >= 11 is 6.28. The molecule has 4 aromatic rings. The zero-order valence-corrected chi connectivity index (χ0v) is 19.9. The van der Waals surface area contributed by atoms with E-state index in [-0.39, 0.29) is 0 Å². The molecule has 1 N–H and O–H groups in total. The highest BCUT2D eigenvalue weighted by Crippen LogP contribution is 2.42. The van der Waals surface area contributed by atoms with Gasteiger partial charge in [0.25, 0.3) is 0 Å². The van der Waals surface area contributed by atoms with Crippen LogP contribution in [0.5, 0.6) is 17.2 Å². The van der Waals surface area contributed by atoms with Crippen LogP contribution in [0.3, 0.4) is 0 Å². The Labute approximate surface area is 203 Å². The first-order chi connectivity index (χ1) is 16.6. The highest BCUT2D eigenvalue weighted by molar-refractivity contribution is 6.30. The number of aromatic nitrogens is 2. The zero-order chi connectivity index (χ0) is 23.7. The lowest BCUT2D eigenvalue weighted by atomic mass is 9.86. The van der Waals surface area contributed by atoms with E-state index in [1.165, 1.54) is 5.56 Å². The first kappa shape index (κ1) is 22.0. The van der Waals surface area contributed by atoms with Crippen LogP contribution >= 0.6 is 11.6 Å². The van der Waals surface area contributed by atoms with Crippen LogP contribution < -0.4 is 19.5 Å². The first-order valence-corrected chi connectivity index (χ1v) is 11.3. The fourth-order valence-corrected chi connectivity index (χ4v) is 4.58. The quantitative estimate of drug-likeness (QED) is 0.353. The number of fused-ring (bicyclic) bond motifs is 3. The lowest BCUT2D eigenvalue weighted by molar-refractivity contribution is 0.324. The molecule has 1 aromatic heterocycles. The summed E-state index contributed by atoms with van der Waals surface area (Å²) in [7, 11) is 4.76. The maximum atomic E-state index is 6.28. The third-order valence-electron chi connectivity index (χ3n) is 5.92. The Bertz CT molecular complexity index is 1330. The molecule has 6 nitrogen and oxygen atoms in total. The van der Waals surface area contributed by atoms with Crippen molar-refractivity contribution in [3.8, 4) is 39.6 Å².